The average molecular weight is 276 g/mol. The van der Waals surface area contributed by atoms with E-state index >= 15 is 0 Å². The first-order valence-electron chi connectivity index (χ1n) is 6.83. The van der Waals surface area contributed by atoms with Gasteiger partial charge in [0.15, 0.2) is 0 Å². The number of rotatable bonds is 4. The minimum Gasteiger partial charge on any atom is -0.480 e. The molecule has 1 amide bonds. The van der Waals surface area contributed by atoms with E-state index in [0.717, 1.165) is 12.1 Å². The maximum atomic E-state index is 12.6. The maximum absolute atomic E-state index is 12.6. The number of carboxylic acid groups (broad SMARTS) is 1. The van der Waals surface area contributed by atoms with Crippen LogP contribution < -0.4 is 4.90 Å². The summed E-state index contributed by atoms with van der Waals surface area (Å²) in [5.41, 5.74) is 0.874. The van der Waals surface area contributed by atoms with Gasteiger partial charge in [0.25, 0.3) is 0 Å². The van der Waals surface area contributed by atoms with Gasteiger partial charge >= 0.3 is 5.97 Å². The summed E-state index contributed by atoms with van der Waals surface area (Å²) in [5, 5.41) is 9.09. The molecule has 2 rings (SSSR count). The Labute approximate surface area is 118 Å². The van der Waals surface area contributed by atoms with E-state index in [1.165, 1.54) is 0 Å². The van der Waals surface area contributed by atoms with Crippen LogP contribution in [0.15, 0.2) is 30.3 Å². The van der Waals surface area contributed by atoms with Crippen LogP contribution in [0.2, 0.25) is 0 Å². The molecule has 0 bridgehead atoms. The van der Waals surface area contributed by atoms with E-state index < -0.39 is 12.0 Å². The number of benzene rings is 1. The molecule has 1 aromatic rings. The number of anilines is 1. The highest BCUT2D eigenvalue weighted by Crippen LogP contribution is 2.23. The highest BCUT2D eigenvalue weighted by molar-refractivity contribution is 5.98. The van der Waals surface area contributed by atoms with Crippen LogP contribution in [0.5, 0.6) is 0 Å². The average Bonchev–Trinajstić information content (AvgIpc) is 2.47. The van der Waals surface area contributed by atoms with Crippen LogP contribution >= 0.6 is 0 Å². The predicted molar refractivity (Wildman–Crippen MR) is 76.7 cm³/mol. The van der Waals surface area contributed by atoms with Gasteiger partial charge in [-0.2, -0.15) is 0 Å². The van der Waals surface area contributed by atoms with E-state index in [2.05, 4.69) is 0 Å². The molecule has 0 aliphatic carbocycles. The largest absolute Gasteiger partial charge is 0.480 e. The van der Waals surface area contributed by atoms with E-state index in [4.69, 9.17) is 5.11 Å². The first-order valence-corrected chi connectivity index (χ1v) is 6.83. The van der Waals surface area contributed by atoms with Gasteiger partial charge in [-0.05, 0) is 38.9 Å². The standard InChI is InChI=1S/C15H20N2O3/c1-11(15(19)20)16(2)13-9-6-10-17(14(13)18)12-7-4-3-5-8-12/h3-5,7-8,11,13H,6,9-10H2,1-2H3,(H,19,20). The van der Waals surface area contributed by atoms with Crippen molar-refractivity contribution in [3.63, 3.8) is 0 Å². The molecule has 2 unspecified atom stereocenters. The summed E-state index contributed by atoms with van der Waals surface area (Å²) in [6.45, 7) is 2.30. The summed E-state index contributed by atoms with van der Waals surface area (Å²) < 4.78 is 0. The van der Waals surface area contributed by atoms with Gasteiger partial charge in [0.1, 0.15) is 6.04 Å². The molecule has 1 saturated heterocycles. The molecule has 108 valence electrons. The molecular formula is C15H20N2O3. The number of piperidine rings is 1. The van der Waals surface area contributed by atoms with Crippen LogP contribution in [0, 0.1) is 0 Å². The normalized spacial score (nSPS) is 21.1. The minimum absolute atomic E-state index is 0.0157. The van der Waals surface area contributed by atoms with Crippen LogP contribution in [0.3, 0.4) is 0 Å². The van der Waals surface area contributed by atoms with Gasteiger partial charge in [-0.1, -0.05) is 18.2 Å². The fraction of sp³-hybridized carbons (Fsp3) is 0.467. The molecule has 2 atom stereocenters. The summed E-state index contributed by atoms with van der Waals surface area (Å²) in [6.07, 6.45) is 1.58. The molecule has 1 fully saturated rings. The zero-order valence-electron chi connectivity index (χ0n) is 11.8. The van der Waals surface area contributed by atoms with E-state index in [1.807, 2.05) is 30.3 Å². The van der Waals surface area contributed by atoms with Gasteiger partial charge in [-0.25, -0.2) is 0 Å². The number of carbonyl (C=O) groups is 2. The van der Waals surface area contributed by atoms with Gasteiger partial charge in [0, 0.05) is 12.2 Å². The first-order chi connectivity index (χ1) is 9.52. The van der Waals surface area contributed by atoms with Crippen molar-refractivity contribution in [2.24, 2.45) is 0 Å². The van der Waals surface area contributed by atoms with Gasteiger partial charge in [0.05, 0.1) is 6.04 Å². The monoisotopic (exact) mass is 276 g/mol. The molecule has 20 heavy (non-hydrogen) atoms. The lowest BCUT2D eigenvalue weighted by molar-refractivity contribution is -0.144. The van der Waals surface area contributed by atoms with E-state index in [0.29, 0.717) is 13.0 Å². The summed E-state index contributed by atoms with van der Waals surface area (Å²) in [4.78, 5) is 27.1. The third kappa shape index (κ3) is 2.82. The molecule has 0 aromatic heterocycles. The Morgan fingerprint density at radius 3 is 2.65 bits per heavy atom. The third-order valence-electron chi connectivity index (χ3n) is 3.94. The zero-order valence-corrected chi connectivity index (χ0v) is 11.8. The SMILES string of the molecule is CC(C(=O)O)N(C)C1CCCN(c2ccccc2)C1=O. The van der Waals surface area contributed by atoms with Crippen molar-refractivity contribution < 1.29 is 14.7 Å². The van der Waals surface area contributed by atoms with Crippen molar-refractivity contribution in [3.05, 3.63) is 30.3 Å². The van der Waals surface area contributed by atoms with Crippen molar-refractivity contribution in [2.45, 2.75) is 31.8 Å². The topological polar surface area (TPSA) is 60.9 Å². The number of para-hydroxylation sites is 1. The van der Waals surface area contributed by atoms with Crippen molar-refractivity contribution in [3.8, 4) is 0 Å². The predicted octanol–water partition coefficient (Wildman–Crippen LogP) is 1.59. The van der Waals surface area contributed by atoms with Crippen LogP contribution in [0.4, 0.5) is 5.69 Å². The number of nitrogens with zero attached hydrogens (tertiary/aromatic N) is 2. The molecule has 1 heterocycles. The highest BCUT2D eigenvalue weighted by Gasteiger charge is 2.35. The lowest BCUT2D eigenvalue weighted by Gasteiger charge is -2.38. The lowest BCUT2D eigenvalue weighted by atomic mass is 10.0. The van der Waals surface area contributed by atoms with Gasteiger partial charge in [-0.3, -0.25) is 14.5 Å². The summed E-state index contributed by atoms with van der Waals surface area (Å²) in [5.74, 6) is -0.921. The number of carboxylic acids is 1. The Morgan fingerprint density at radius 2 is 2.05 bits per heavy atom. The molecule has 5 nitrogen and oxygen atoms in total. The second-order valence-corrected chi connectivity index (χ2v) is 5.16. The number of likely N-dealkylation sites (N-methyl/N-ethyl adjacent to an activating group) is 1. The molecule has 1 N–H and O–H groups in total. The lowest BCUT2D eigenvalue weighted by Crippen LogP contribution is -2.55. The van der Waals surface area contributed by atoms with Gasteiger partial charge < -0.3 is 10.0 Å². The Hall–Kier alpha value is -1.88. The van der Waals surface area contributed by atoms with Crippen LogP contribution in [-0.2, 0) is 9.59 Å². The first kappa shape index (κ1) is 14.5. The smallest absolute Gasteiger partial charge is 0.320 e. The Balaban J connectivity index is 2.17. The third-order valence-corrected chi connectivity index (χ3v) is 3.94. The van der Waals surface area contributed by atoms with E-state index in [9.17, 15) is 9.59 Å². The van der Waals surface area contributed by atoms with Crippen LogP contribution in [-0.4, -0.2) is 47.6 Å². The summed E-state index contributed by atoms with van der Waals surface area (Å²) >= 11 is 0. The second-order valence-electron chi connectivity index (χ2n) is 5.16. The minimum atomic E-state index is -0.905. The summed E-state index contributed by atoms with van der Waals surface area (Å²) in [7, 11) is 1.70. The van der Waals surface area contributed by atoms with Gasteiger partial charge in [-0.15, -0.1) is 0 Å². The van der Waals surface area contributed by atoms with Gasteiger partial charge in [0.2, 0.25) is 5.91 Å². The zero-order chi connectivity index (χ0) is 14.7. The van der Waals surface area contributed by atoms with Crippen molar-refractivity contribution >= 4 is 17.6 Å². The molecule has 5 heteroatoms. The van der Waals surface area contributed by atoms with Crippen molar-refractivity contribution in [1.82, 2.24) is 4.90 Å². The molecule has 1 aromatic carbocycles. The molecule has 1 aliphatic rings. The van der Waals surface area contributed by atoms with Crippen LogP contribution in [0.1, 0.15) is 19.8 Å². The van der Waals surface area contributed by atoms with Crippen molar-refractivity contribution in [2.75, 3.05) is 18.5 Å². The Morgan fingerprint density at radius 1 is 1.40 bits per heavy atom. The fourth-order valence-corrected chi connectivity index (χ4v) is 2.54. The Kier molecular flexibility index (Phi) is 4.39. The number of carbonyl (C=O) groups excluding carboxylic acids is 1. The highest BCUT2D eigenvalue weighted by atomic mass is 16.4. The number of hydrogen-bond acceptors (Lipinski definition) is 3. The van der Waals surface area contributed by atoms with Crippen molar-refractivity contribution in [1.29, 1.82) is 0 Å². The summed E-state index contributed by atoms with van der Waals surface area (Å²) in [6, 6.07) is 8.48. The number of amides is 1. The molecule has 1 aliphatic heterocycles. The van der Waals surface area contributed by atoms with E-state index in [1.54, 1.807) is 23.8 Å². The molecular weight excluding hydrogens is 256 g/mol. The number of hydrogen-bond donors (Lipinski definition) is 1. The Bertz CT molecular complexity index is 489. The number of aliphatic carboxylic acids is 1. The molecule has 0 radical (unpaired) electrons. The maximum Gasteiger partial charge on any atom is 0.320 e. The van der Waals surface area contributed by atoms with Crippen LogP contribution in [0.25, 0.3) is 0 Å². The van der Waals surface area contributed by atoms with E-state index in [-0.39, 0.29) is 11.9 Å². The quantitative estimate of drug-likeness (QED) is 0.907. The molecule has 0 spiro atoms. The second kappa shape index (κ2) is 6.05. The molecule has 0 saturated carbocycles. The fourth-order valence-electron chi connectivity index (χ4n) is 2.54.